The topological polar surface area (TPSA) is 282 Å². The molecule has 22 heteroatoms. The van der Waals surface area contributed by atoms with E-state index in [1.807, 2.05) is 4.90 Å². The smallest absolute Gasteiger partial charge is 0.341 e. The van der Waals surface area contributed by atoms with Crippen LogP contribution in [-0.4, -0.2) is 158 Å². The number of rotatable bonds is 10. The molecule has 2 aromatic carbocycles. The number of carboxylic acid groups (broad SMARTS) is 1. The number of carboxylic acids is 1. The van der Waals surface area contributed by atoms with Crippen molar-refractivity contribution in [1.82, 2.24) is 14.3 Å². The molecule has 10 rings (SSSR count). The molecule has 458 valence electrons. The van der Waals surface area contributed by atoms with Gasteiger partial charge in [-0.2, -0.15) is 5.10 Å². The Morgan fingerprint density at radius 3 is 2.26 bits per heavy atom. The molecule has 1 unspecified atom stereocenters. The zero-order valence-corrected chi connectivity index (χ0v) is 50.0. The van der Waals surface area contributed by atoms with Crippen LogP contribution in [0.4, 0.5) is 15.8 Å². The van der Waals surface area contributed by atoms with Gasteiger partial charge in [0.25, 0.3) is 17.2 Å². The number of anilines is 2. The van der Waals surface area contributed by atoms with Crippen LogP contribution in [0.3, 0.4) is 0 Å². The monoisotopic (exact) mass is 1180 g/mol. The number of ether oxygens (including phenoxy) is 4. The van der Waals surface area contributed by atoms with Gasteiger partial charge < -0.3 is 64.7 Å². The second kappa shape index (κ2) is 24.4. The number of Topliss-reactive ketones (excluding diaryl/α,β-unsaturated/α-hetero) is 1. The summed E-state index contributed by atoms with van der Waals surface area (Å²) in [6.45, 7) is 17.1. The standard InChI is InChI=1S/C63H79FN6O15/c1-30-13-12-14-31(2)60(78)66-49-43(26-65-69-22-18-40(19-23-69)67(10)27-38-17-21-68(28-38)51-33(4)50-41(39-15-16-39)25-42(62(80)81)61(79)70(50)29-44(51)64)55(75)46-47(56(49)76)54(74)36(7)58-48(46)59(77)63(9,85-58)83-24-20-45(82-11)32(3)57(84-37(8)71)35(6)53(73)34(5)52(30)72/h12-14,20,24-26,29-30,32,34-35,38-40,45,52-53,57,72-76H,15-19,21-23,27-28H2,1-11H3,(H,66,78)(H,80,81)/b13-12+,24-20+,31-14-,65-26+/t30-,32+,34+,35+,38?,45-,52-,53+,57+,63-/m0/s1. The lowest BCUT2D eigenvalue weighted by Gasteiger charge is -2.38. The molecule has 85 heavy (non-hydrogen) atoms. The van der Waals surface area contributed by atoms with Gasteiger partial charge >= 0.3 is 17.7 Å². The molecule has 1 aliphatic carbocycles. The van der Waals surface area contributed by atoms with Crippen LogP contribution in [0.25, 0.3) is 16.3 Å². The van der Waals surface area contributed by atoms with E-state index in [1.165, 1.54) is 65.5 Å². The van der Waals surface area contributed by atoms with Gasteiger partial charge in [-0.05, 0) is 95.0 Å². The van der Waals surface area contributed by atoms with Crippen molar-refractivity contribution in [3.8, 4) is 23.0 Å². The zero-order valence-electron chi connectivity index (χ0n) is 50.0. The number of hydrazone groups is 1. The Balaban J connectivity index is 0.985. The van der Waals surface area contributed by atoms with Gasteiger partial charge in [0.2, 0.25) is 0 Å². The zero-order chi connectivity index (χ0) is 61.8. The maximum absolute atomic E-state index is 16.1. The van der Waals surface area contributed by atoms with Crippen molar-refractivity contribution in [3.05, 3.63) is 98.0 Å². The van der Waals surface area contributed by atoms with Crippen molar-refractivity contribution in [3.63, 3.8) is 0 Å². The van der Waals surface area contributed by atoms with Gasteiger partial charge in [0.05, 0.1) is 70.4 Å². The van der Waals surface area contributed by atoms with E-state index in [9.17, 15) is 54.6 Å². The SMILES string of the molecule is CO[C@H]1/C=C/O[C@@]2(C)Oc3c(C)c(O)c4c(O)c(c(/C=N/N5CCC(N(C)CC6CCN(c7c(F)cn8c(=O)c(C(=O)O)cc(C9CC9)c8c7C)C6)CC5)c(O)c4c3C2=O)NC(=O)/C(C)=C\C=C\[C@H](C)[C@H](O)[C@@H](C)[C@@H](O)[C@@H](C)[C@H](OC(C)=O)[C@@H]1C. The molecule has 0 spiro atoms. The number of aromatic hydroxyl groups is 3. The first-order valence-corrected chi connectivity index (χ1v) is 29.1. The van der Waals surface area contributed by atoms with Crippen LogP contribution in [0.5, 0.6) is 23.0 Å². The number of allylic oxidation sites excluding steroid dienone is 2. The van der Waals surface area contributed by atoms with Gasteiger partial charge in [-0.3, -0.25) is 28.6 Å². The van der Waals surface area contributed by atoms with Gasteiger partial charge in [0, 0.05) is 99.9 Å². The number of carbonyl (C=O) groups excluding carboxylic acids is 3. The fourth-order valence-electron chi connectivity index (χ4n) is 13.1. The van der Waals surface area contributed by atoms with Crippen LogP contribution in [0, 0.1) is 49.3 Å². The molecule has 5 bridgehead atoms. The van der Waals surface area contributed by atoms with Crippen LogP contribution in [-0.2, 0) is 23.8 Å². The lowest BCUT2D eigenvalue weighted by molar-refractivity contribution is -0.160. The van der Waals surface area contributed by atoms with Crippen LogP contribution >= 0.6 is 0 Å². The molecule has 0 radical (unpaired) electrons. The quantitative estimate of drug-likeness (QED) is 0.0347. The Kier molecular flexibility index (Phi) is 17.8. The summed E-state index contributed by atoms with van der Waals surface area (Å²) < 4.78 is 41.1. The summed E-state index contributed by atoms with van der Waals surface area (Å²) in [5.74, 6) is -10.5. The van der Waals surface area contributed by atoms with Crippen molar-refractivity contribution in [2.45, 2.75) is 137 Å². The molecule has 6 aliphatic rings. The lowest BCUT2D eigenvalue weighted by atomic mass is 9.78. The number of aliphatic hydroxyl groups is 2. The Morgan fingerprint density at radius 2 is 1.61 bits per heavy atom. The maximum atomic E-state index is 16.1. The van der Waals surface area contributed by atoms with E-state index in [0.29, 0.717) is 55.8 Å². The number of fused-ring (bicyclic) bond motifs is 15. The first-order valence-electron chi connectivity index (χ1n) is 29.1. The minimum Gasteiger partial charge on any atom is -0.507 e. The van der Waals surface area contributed by atoms with Crippen LogP contribution < -0.4 is 20.5 Å². The number of ketones is 1. The molecule has 7 heterocycles. The fourth-order valence-corrected chi connectivity index (χ4v) is 13.1. The normalized spacial score (nSPS) is 28.7. The number of hydrogen-bond donors (Lipinski definition) is 7. The molecule has 4 aromatic rings. The number of benzene rings is 2. The van der Waals surface area contributed by atoms with Crippen molar-refractivity contribution >= 4 is 57.5 Å². The van der Waals surface area contributed by atoms with Crippen molar-refractivity contribution < 1.29 is 73.2 Å². The summed E-state index contributed by atoms with van der Waals surface area (Å²) in [4.78, 5) is 70.9. The summed E-state index contributed by atoms with van der Waals surface area (Å²) >= 11 is 0. The molecule has 7 N–H and O–H groups in total. The Hall–Kier alpha value is -7.53. The number of phenols is 3. The number of pyridine rings is 2. The molecular formula is C63H79FN6O15. The van der Waals surface area contributed by atoms with E-state index in [1.54, 1.807) is 51.8 Å². The third kappa shape index (κ3) is 11.8. The van der Waals surface area contributed by atoms with E-state index in [2.05, 4.69) is 17.3 Å². The highest BCUT2D eigenvalue weighted by Gasteiger charge is 2.50. The van der Waals surface area contributed by atoms with E-state index < -0.39 is 106 Å². The second-order valence-electron chi connectivity index (χ2n) is 24.2. The highest BCUT2D eigenvalue weighted by molar-refractivity contribution is 6.24. The molecule has 5 aliphatic heterocycles. The predicted molar refractivity (Wildman–Crippen MR) is 316 cm³/mol. The number of nitrogens with one attached hydrogen (secondary N) is 1. The molecule has 10 atom stereocenters. The van der Waals surface area contributed by atoms with Gasteiger partial charge in [-0.25, -0.2) is 9.18 Å². The van der Waals surface area contributed by atoms with Crippen LogP contribution in [0.1, 0.15) is 129 Å². The van der Waals surface area contributed by atoms with Crippen LogP contribution in [0.2, 0.25) is 0 Å². The third-order valence-electron chi connectivity index (χ3n) is 18.3. The molecule has 1 amide bonds. The molecule has 2 saturated heterocycles. The molecule has 2 aromatic heterocycles. The van der Waals surface area contributed by atoms with E-state index in [4.69, 9.17) is 24.0 Å². The summed E-state index contributed by atoms with van der Waals surface area (Å²) in [7, 11) is 3.48. The lowest BCUT2D eigenvalue weighted by Crippen LogP contribution is -2.46. The Morgan fingerprint density at radius 1 is 0.918 bits per heavy atom. The highest BCUT2D eigenvalue weighted by atomic mass is 19.1. The first-order chi connectivity index (χ1) is 40.2. The summed E-state index contributed by atoms with van der Waals surface area (Å²) in [6, 6.07) is 1.60. The number of aromatic nitrogens is 1. The predicted octanol–water partition coefficient (Wildman–Crippen LogP) is 7.65. The summed E-state index contributed by atoms with van der Waals surface area (Å²) in [6.07, 6.45) is 9.65. The average molecular weight is 1180 g/mol. The summed E-state index contributed by atoms with van der Waals surface area (Å²) in [5.41, 5.74) is 0.634. The van der Waals surface area contributed by atoms with Crippen molar-refractivity contribution in [2.75, 3.05) is 57.1 Å². The number of esters is 1. The molecule has 1 saturated carbocycles. The van der Waals surface area contributed by atoms with Gasteiger partial charge in [0.1, 0.15) is 28.9 Å². The number of hydrogen-bond acceptors (Lipinski definition) is 18. The largest absolute Gasteiger partial charge is 0.507 e. The van der Waals surface area contributed by atoms with Gasteiger partial charge in [-0.1, -0.05) is 45.9 Å². The number of aliphatic hydroxyl groups excluding tert-OH is 2. The maximum Gasteiger partial charge on any atom is 0.341 e. The minimum atomic E-state index is -2.11. The minimum absolute atomic E-state index is 0.0188. The number of aromatic carboxylic acids is 1. The molecular weight excluding hydrogens is 1100 g/mol. The van der Waals surface area contributed by atoms with Crippen LogP contribution in [0.15, 0.2) is 58.3 Å². The number of methoxy groups -OCH3 is 1. The second-order valence-corrected chi connectivity index (χ2v) is 24.2. The van der Waals surface area contributed by atoms with Crippen molar-refractivity contribution in [1.29, 1.82) is 0 Å². The molecule has 21 nitrogen and oxygen atoms in total. The van der Waals surface area contributed by atoms with Crippen molar-refractivity contribution in [2.24, 2.45) is 34.7 Å². The van der Waals surface area contributed by atoms with E-state index in [0.717, 1.165) is 42.0 Å². The van der Waals surface area contributed by atoms with Gasteiger partial charge in [0.15, 0.2) is 11.6 Å². The van der Waals surface area contributed by atoms with E-state index >= 15 is 4.39 Å². The third-order valence-corrected chi connectivity index (χ3v) is 18.3. The Labute approximate surface area is 492 Å². The summed E-state index contributed by atoms with van der Waals surface area (Å²) in [5, 5.41) is 78.1. The first kappa shape index (κ1) is 62.0. The molecule has 3 fully saturated rings. The number of nitrogens with zero attached hydrogens (tertiary/aromatic N) is 5. The number of piperidine rings is 1. The highest BCUT2D eigenvalue weighted by Crippen LogP contribution is 2.55. The van der Waals surface area contributed by atoms with Gasteiger partial charge in [-0.15, -0.1) is 0 Å². The average Bonchev–Trinajstić information content (AvgIpc) is 1.78. The number of phenolic OH excluding ortho intramolecular Hbond substituents is 3. The number of amides is 1. The Bertz CT molecular complexity index is 3510. The number of carbonyl (C=O) groups is 4. The van der Waals surface area contributed by atoms with E-state index in [-0.39, 0.29) is 67.9 Å². The fraction of sp³-hybridized carbons (Fsp3) is 0.524. The number of halogens is 1. The number of aryl methyl sites for hydroxylation is 1.